The van der Waals surface area contributed by atoms with E-state index in [0.717, 1.165) is 46.5 Å². The number of anilines is 1. The largest absolute Gasteiger partial charge is 0.495 e. The normalized spacial score (nSPS) is 13.0. The van der Waals surface area contributed by atoms with Gasteiger partial charge < -0.3 is 10.1 Å². The van der Waals surface area contributed by atoms with E-state index in [-0.39, 0.29) is 35.3 Å². The molecule has 1 aliphatic rings. The zero-order valence-electron chi connectivity index (χ0n) is 19.7. The minimum atomic E-state index is -3.72. The van der Waals surface area contributed by atoms with Gasteiger partial charge in [0.1, 0.15) is 16.5 Å². The topological polar surface area (TPSA) is 97.4 Å². The number of sulfonamides is 1. The number of unbranched alkanes of at least 4 members (excludes halogenated alkanes) is 1. The number of benzene rings is 2. The number of amides is 1. The molecule has 1 aromatic heterocycles. The lowest BCUT2D eigenvalue weighted by atomic mass is 10.0. The fraction of sp³-hybridized carbons (Fsp3) is 0.360. The lowest BCUT2D eigenvalue weighted by molar-refractivity contribution is -0.116. The van der Waals surface area contributed by atoms with Crippen LogP contribution in [0.1, 0.15) is 41.7 Å². The summed E-state index contributed by atoms with van der Waals surface area (Å²) in [5.41, 5.74) is 3.43. The number of rotatable bonds is 9. The molecule has 0 saturated heterocycles. The Balaban J connectivity index is 1.29. The van der Waals surface area contributed by atoms with E-state index < -0.39 is 10.0 Å². The second kappa shape index (κ2) is 10.8. The van der Waals surface area contributed by atoms with Gasteiger partial charge in [0, 0.05) is 23.4 Å². The van der Waals surface area contributed by atoms with E-state index in [1.807, 2.05) is 6.92 Å². The number of carbonyl (C=O) groups is 1. The number of aryl methyl sites for hydroxylation is 3. The zero-order valence-corrected chi connectivity index (χ0v) is 21.3. The van der Waals surface area contributed by atoms with Crippen molar-refractivity contribution in [1.29, 1.82) is 0 Å². The van der Waals surface area contributed by atoms with Crippen LogP contribution < -0.4 is 14.8 Å². The number of hydrogen-bond acceptors (Lipinski definition) is 6. The van der Waals surface area contributed by atoms with Crippen LogP contribution >= 0.6 is 11.3 Å². The van der Waals surface area contributed by atoms with E-state index >= 15 is 0 Å². The van der Waals surface area contributed by atoms with Crippen LogP contribution in [0.3, 0.4) is 0 Å². The van der Waals surface area contributed by atoms with Crippen molar-refractivity contribution in [3.05, 3.63) is 58.2 Å². The molecule has 0 spiro atoms. The van der Waals surface area contributed by atoms with Gasteiger partial charge in [0.05, 0.1) is 12.8 Å². The van der Waals surface area contributed by atoms with Gasteiger partial charge in [0.2, 0.25) is 15.9 Å². The number of fused-ring (bicyclic) bond motifs is 3. The molecule has 186 valence electrons. The number of ether oxygens (including phenoxy) is 1. The van der Waals surface area contributed by atoms with Crippen molar-refractivity contribution in [3.63, 3.8) is 0 Å². The second-order valence-corrected chi connectivity index (χ2v) is 11.3. The SMILES string of the molecule is COc1ccc(C)cc1S(=O)(=O)NCCCCC(=O)Nc1nc2c(s1)CCCc1ccc(F)cc1-2. The smallest absolute Gasteiger partial charge is 0.244 e. The number of halogens is 1. The molecular weight excluding hydrogens is 489 g/mol. The minimum Gasteiger partial charge on any atom is -0.495 e. The van der Waals surface area contributed by atoms with Gasteiger partial charge in [-0.25, -0.2) is 22.5 Å². The van der Waals surface area contributed by atoms with Crippen LogP contribution in [0.2, 0.25) is 0 Å². The van der Waals surface area contributed by atoms with Gasteiger partial charge in [-0.15, -0.1) is 11.3 Å². The summed E-state index contributed by atoms with van der Waals surface area (Å²) in [6.07, 6.45) is 3.92. The Morgan fingerprint density at radius 2 is 2.00 bits per heavy atom. The molecule has 3 aromatic rings. The summed E-state index contributed by atoms with van der Waals surface area (Å²) in [7, 11) is -2.29. The van der Waals surface area contributed by atoms with E-state index in [9.17, 15) is 17.6 Å². The maximum absolute atomic E-state index is 13.8. The highest BCUT2D eigenvalue weighted by atomic mass is 32.2. The first-order chi connectivity index (χ1) is 16.8. The van der Waals surface area contributed by atoms with Crippen LogP contribution in [-0.2, 0) is 27.7 Å². The zero-order chi connectivity index (χ0) is 25.0. The number of nitrogens with one attached hydrogen (secondary N) is 2. The van der Waals surface area contributed by atoms with E-state index in [4.69, 9.17) is 4.74 Å². The Bertz CT molecular complexity index is 1340. The summed E-state index contributed by atoms with van der Waals surface area (Å²) in [5.74, 6) is -0.196. The summed E-state index contributed by atoms with van der Waals surface area (Å²) in [6.45, 7) is 2.02. The number of thiazole rings is 1. The summed E-state index contributed by atoms with van der Waals surface area (Å²) >= 11 is 1.43. The molecular formula is C25H28FN3O4S2. The minimum absolute atomic E-state index is 0.0998. The van der Waals surface area contributed by atoms with Crippen molar-refractivity contribution in [2.45, 2.75) is 50.3 Å². The third-order valence-electron chi connectivity index (χ3n) is 5.85. The highest BCUT2D eigenvalue weighted by Gasteiger charge is 2.21. The predicted molar refractivity (Wildman–Crippen MR) is 135 cm³/mol. The molecule has 0 fully saturated rings. The van der Waals surface area contributed by atoms with Crippen LogP contribution in [0, 0.1) is 12.7 Å². The number of carbonyl (C=O) groups excluding carboxylic acids is 1. The van der Waals surface area contributed by atoms with E-state index in [0.29, 0.717) is 18.0 Å². The van der Waals surface area contributed by atoms with Crippen molar-refractivity contribution in [3.8, 4) is 17.0 Å². The lowest BCUT2D eigenvalue weighted by Gasteiger charge is -2.11. The van der Waals surface area contributed by atoms with Crippen LogP contribution in [0.15, 0.2) is 41.3 Å². The Morgan fingerprint density at radius 3 is 2.80 bits per heavy atom. The fourth-order valence-electron chi connectivity index (χ4n) is 4.08. The first kappa shape index (κ1) is 25.3. The maximum atomic E-state index is 13.8. The van der Waals surface area contributed by atoms with Gasteiger partial charge in [-0.3, -0.25) is 4.79 Å². The Labute approximate surface area is 208 Å². The number of aromatic nitrogens is 1. The monoisotopic (exact) mass is 517 g/mol. The van der Waals surface area contributed by atoms with Gasteiger partial charge in [-0.1, -0.05) is 12.1 Å². The highest BCUT2D eigenvalue weighted by molar-refractivity contribution is 7.89. The molecule has 2 N–H and O–H groups in total. The van der Waals surface area contributed by atoms with Crippen LogP contribution in [0.5, 0.6) is 5.75 Å². The number of methoxy groups -OCH3 is 1. The van der Waals surface area contributed by atoms with Gasteiger partial charge in [-0.2, -0.15) is 0 Å². The van der Waals surface area contributed by atoms with Gasteiger partial charge in [-0.05, 0) is 74.4 Å². The van der Waals surface area contributed by atoms with E-state index in [2.05, 4.69) is 15.0 Å². The Morgan fingerprint density at radius 1 is 1.17 bits per heavy atom. The van der Waals surface area contributed by atoms with Gasteiger partial charge in [0.25, 0.3) is 0 Å². The quantitative estimate of drug-likeness (QED) is 0.396. The third kappa shape index (κ3) is 6.06. The molecule has 0 atom stereocenters. The standard InChI is InChI=1S/C25H28FN3O4S2/c1-16-9-12-20(33-2)22(14-16)35(31,32)27-13-4-3-8-23(30)28-25-29-24-19-15-18(26)11-10-17(19)6-5-7-21(24)34-25/h9-12,14-15,27H,3-8,13H2,1-2H3,(H,28,29,30). The average molecular weight is 518 g/mol. The molecule has 10 heteroatoms. The Hall–Kier alpha value is -2.82. The molecule has 4 rings (SSSR count). The van der Waals surface area contributed by atoms with Crippen molar-refractivity contribution < 1.29 is 22.3 Å². The van der Waals surface area contributed by atoms with Gasteiger partial charge in [0.15, 0.2) is 5.13 Å². The summed E-state index contributed by atoms with van der Waals surface area (Å²) in [6, 6.07) is 9.77. The maximum Gasteiger partial charge on any atom is 0.244 e. The van der Waals surface area contributed by atoms with Crippen LogP contribution in [-0.4, -0.2) is 33.0 Å². The molecule has 1 aliphatic carbocycles. The second-order valence-electron chi connectivity index (χ2n) is 8.50. The molecule has 0 unspecified atom stereocenters. The highest BCUT2D eigenvalue weighted by Crippen LogP contribution is 2.37. The predicted octanol–water partition coefficient (Wildman–Crippen LogP) is 4.84. The molecule has 1 amide bonds. The Kier molecular flexibility index (Phi) is 7.83. The molecule has 0 saturated carbocycles. The molecule has 1 heterocycles. The number of hydrogen-bond donors (Lipinski definition) is 2. The van der Waals surface area contributed by atoms with E-state index in [1.165, 1.54) is 30.6 Å². The molecule has 0 aliphatic heterocycles. The van der Waals surface area contributed by atoms with Crippen LogP contribution in [0.25, 0.3) is 11.3 Å². The lowest BCUT2D eigenvalue weighted by Crippen LogP contribution is -2.25. The average Bonchev–Trinajstić information content (AvgIpc) is 3.14. The third-order valence-corrected chi connectivity index (χ3v) is 8.36. The first-order valence-corrected chi connectivity index (χ1v) is 13.8. The molecule has 2 aromatic carbocycles. The van der Waals surface area contributed by atoms with Crippen molar-refractivity contribution in [1.82, 2.24) is 9.71 Å². The molecule has 7 nitrogen and oxygen atoms in total. The fourth-order valence-corrected chi connectivity index (χ4v) is 6.44. The summed E-state index contributed by atoms with van der Waals surface area (Å²) < 4.78 is 46.8. The molecule has 0 radical (unpaired) electrons. The van der Waals surface area contributed by atoms with Crippen molar-refractivity contribution in [2.75, 3.05) is 19.0 Å². The van der Waals surface area contributed by atoms with Crippen molar-refractivity contribution in [2.24, 2.45) is 0 Å². The first-order valence-electron chi connectivity index (χ1n) is 11.5. The summed E-state index contributed by atoms with van der Waals surface area (Å²) in [5, 5.41) is 3.34. The summed E-state index contributed by atoms with van der Waals surface area (Å²) in [4.78, 5) is 18.2. The van der Waals surface area contributed by atoms with E-state index in [1.54, 1.807) is 24.3 Å². The molecule has 35 heavy (non-hydrogen) atoms. The number of nitrogens with zero attached hydrogens (tertiary/aromatic N) is 1. The molecule has 0 bridgehead atoms. The van der Waals surface area contributed by atoms with Crippen LogP contribution in [0.4, 0.5) is 9.52 Å². The van der Waals surface area contributed by atoms with Crippen molar-refractivity contribution >= 4 is 32.4 Å². The van der Waals surface area contributed by atoms with Gasteiger partial charge >= 0.3 is 0 Å².